The van der Waals surface area contributed by atoms with Crippen LogP contribution in [0.25, 0.3) is 10.2 Å². The Kier molecular flexibility index (Phi) is 6.21. The normalized spacial score (nSPS) is 16.2. The minimum atomic E-state index is -0.375. The summed E-state index contributed by atoms with van der Waals surface area (Å²) in [5.74, 6) is -0.369. The second kappa shape index (κ2) is 8.60. The molecule has 26 heavy (non-hydrogen) atoms. The SMILES string of the molecule is COCCn1c(=NC(=O)C2CCCCC2)sc2cc(C(=O)OC)ccc21. The second-order valence-electron chi connectivity index (χ2n) is 6.49. The van der Waals surface area contributed by atoms with Crippen molar-refractivity contribution in [3.63, 3.8) is 0 Å². The number of carbonyl (C=O) groups is 2. The van der Waals surface area contributed by atoms with Gasteiger partial charge < -0.3 is 14.0 Å². The number of hydrogen-bond donors (Lipinski definition) is 0. The van der Waals surface area contributed by atoms with E-state index in [2.05, 4.69) is 4.99 Å². The first-order valence-electron chi connectivity index (χ1n) is 8.93. The Bertz CT molecular complexity index is 862. The van der Waals surface area contributed by atoms with Crippen molar-refractivity contribution in [2.75, 3.05) is 20.8 Å². The van der Waals surface area contributed by atoms with E-state index in [0.29, 0.717) is 23.5 Å². The summed E-state index contributed by atoms with van der Waals surface area (Å²) in [6, 6.07) is 5.40. The molecule has 1 aliphatic rings. The lowest BCUT2D eigenvalue weighted by Crippen LogP contribution is -2.23. The molecule has 0 spiro atoms. The number of benzene rings is 1. The van der Waals surface area contributed by atoms with Crippen LogP contribution in [0.4, 0.5) is 0 Å². The van der Waals surface area contributed by atoms with Gasteiger partial charge in [0.25, 0.3) is 5.91 Å². The van der Waals surface area contributed by atoms with Crippen LogP contribution in [-0.4, -0.2) is 37.3 Å². The van der Waals surface area contributed by atoms with E-state index in [-0.39, 0.29) is 17.8 Å². The van der Waals surface area contributed by atoms with Crippen molar-refractivity contribution < 1.29 is 19.1 Å². The summed E-state index contributed by atoms with van der Waals surface area (Å²) in [4.78, 5) is 29.5. The molecule has 1 amide bonds. The van der Waals surface area contributed by atoms with E-state index in [1.807, 2.05) is 10.6 Å². The van der Waals surface area contributed by atoms with Crippen molar-refractivity contribution in [1.29, 1.82) is 0 Å². The lowest BCUT2D eigenvalue weighted by molar-refractivity contribution is -0.122. The number of fused-ring (bicyclic) bond motifs is 1. The molecule has 0 unspecified atom stereocenters. The van der Waals surface area contributed by atoms with Gasteiger partial charge in [0.2, 0.25) is 0 Å². The molecule has 0 aliphatic heterocycles. The highest BCUT2D eigenvalue weighted by molar-refractivity contribution is 7.16. The monoisotopic (exact) mass is 376 g/mol. The number of hydrogen-bond acceptors (Lipinski definition) is 5. The summed E-state index contributed by atoms with van der Waals surface area (Å²) >= 11 is 1.42. The van der Waals surface area contributed by atoms with Crippen molar-refractivity contribution in [1.82, 2.24) is 4.57 Å². The third-order valence-corrected chi connectivity index (χ3v) is 5.82. The number of rotatable bonds is 5. The number of amides is 1. The Hall–Kier alpha value is -1.99. The molecule has 2 aromatic rings. The molecule has 1 aliphatic carbocycles. The van der Waals surface area contributed by atoms with Crippen molar-refractivity contribution in [2.24, 2.45) is 10.9 Å². The Balaban J connectivity index is 2.02. The van der Waals surface area contributed by atoms with Gasteiger partial charge in [-0.25, -0.2) is 4.79 Å². The zero-order chi connectivity index (χ0) is 18.5. The topological polar surface area (TPSA) is 69.9 Å². The summed E-state index contributed by atoms with van der Waals surface area (Å²) in [6.07, 6.45) is 5.27. The van der Waals surface area contributed by atoms with E-state index in [1.54, 1.807) is 19.2 Å². The van der Waals surface area contributed by atoms with E-state index in [4.69, 9.17) is 9.47 Å². The van der Waals surface area contributed by atoms with Crippen LogP contribution >= 0.6 is 11.3 Å². The molecule has 1 heterocycles. The molecule has 0 saturated heterocycles. The van der Waals surface area contributed by atoms with Crippen molar-refractivity contribution in [2.45, 2.75) is 38.6 Å². The van der Waals surface area contributed by atoms with Gasteiger partial charge in [-0.3, -0.25) is 4.79 Å². The highest BCUT2D eigenvalue weighted by Gasteiger charge is 2.21. The fraction of sp³-hybridized carbons (Fsp3) is 0.526. The zero-order valence-corrected chi connectivity index (χ0v) is 16.0. The minimum Gasteiger partial charge on any atom is -0.465 e. The largest absolute Gasteiger partial charge is 0.465 e. The summed E-state index contributed by atoms with van der Waals surface area (Å²) in [7, 11) is 3.01. The lowest BCUT2D eigenvalue weighted by atomic mass is 9.89. The smallest absolute Gasteiger partial charge is 0.337 e. The van der Waals surface area contributed by atoms with E-state index >= 15 is 0 Å². The lowest BCUT2D eigenvalue weighted by Gasteiger charge is -2.17. The van der Waals surface area contributed by atoms with E-state index in [1.165, 1.54) is 24.9 Å². The van der Waals surface area contributed by atoms with E-state index < -0.39 is 0 Å². The van der Waals surface area contributed by atoms with Crippen LogP contribution in [0.3, 0.4) is 0 Å². The number of thiazole rings is 1. The van der Waals surface area contributed by atoms with Crippen LogP contribution < -0.4 is 4.80 Å². The summed E-state index contributed by atoms with van der Waals surface area (Å²) in [5, 5.41) is 0. The summed E-state index contributed by atoms with van der Waals surface area (Å²) in [6.45, 7) is 1.13. The molecule has 1 aromatic heterocycles. The molecular weight excluding hydrogens is 352 g/mol. The maximum absolute atomic E-state index is 12.6. The quantitative estimate of drug-likeness (QED) is 0.752. The second-order valence-corrected chi connectivity index (χ2v) is 7.50. The van der Waals surface area contributed by atoms with E-state index in [9.17, 15) is 9.59 Å². The maximum atomic E-state index is 12.6. The highest BCUT2D eigenvalue weighted by Crippen LogP contribution is 2.25. The van der Waals surface area contributed by atoms with Gasteiger partial charge in [-0.15, -0.1) is 0 Å². The number of ether oxygens (including phenoxy) is 2. The maximum Gasteiger partial charge on any atom is 0.337 e. The Labute approximate surface area is 156 Å². The number of carbonyl (C=O) groups excluding carboxylic acids is 2. The van der Waals surface area contributed by atoms with Crippen molar-refractivity contribution in [3.05, 3.63) is 28.6 Å². The molecule has 0 bridgehead atoms. The first-order valence-corrected chi connectivity index (χ1v) is 9.75. The van der Waals surface area contributed by atoms with Crippen LogP contribution in [0.5, 0.6) is 0 Å². The molecule has 3 rings (SSSR count). The molecular formula is C19H24N2O4S. The third kappa shape index (κ3) is 4.04. The molecule has 0 N–H and O–H groups in total. The molecule has 1 fully saturated rings. The molecule has 7 heteroatoms. The summed E-state index contributed by atoms with van der Waals surface area (Å²) < 4.78 is 12.9. The van der Waals surface area contributed by atoms with E-state index in [0.717, 1.165) is 35.9 Å². The minimum absolute atomic E-state index is 0.0318. The third-order valence-electron chi connectivity index (χ3n) is 4.78. The average Bonchev–Trinajstić information content (AvgIpc) is 3.02. The number of methoxy groups -OCH3 is 2. The van der Waals surface area contributed by atoms with Crippen LogP contribution in [0.2, 0.25) is 0 Å². The van der Waals surface area contributed by atoms with Gasteiger partial charge in [0, 0.05) is 19.6 Å². The van der Waals surface area contributed by atoms with Crippen LogP contribution in [0.1, 0.15) is 42.5 Å². The fourth-order valence-electron chi connectivity index (χ4n) is 3.34. The zero-order valence-electron chi connectivity index (χ0n) is 15.2. The predicted molar refractivity (Wildman–Crippen MR) is 100 cm³/mol. The van der Waals surface area contributed by atoms with Gasteiger partial charge in [-0.1, -0.05) is 30.6 Å². The van der Waals surface area contributed by atoms with Gasteiger partial charge in [0.15, 0.2) is 4.80 Å². The van der Waals surface area contributed by atoms with Crippen LogP contribution in [-0.2, 0) is 20.8 Å². The first kappa shape index (κ1) is 18.8. The Morgan fingerprint density at radius 3 is 2.69 bits per heavy atom. The van der Waals surface area contributed by atoms with Crippen LogP contribution in [0.15, 0.2) is 23.2 Å². The Morgan fingerprint density at radius 1 is 1.23 bits per heavy atom. The van der Waals surface area contributed by atoms with Crippen molar-refractivity contribution in [3.8, 4) is 0 Å². The standard InChI is InChI=1S/C19H24N2O4S/c1-24-11-10-21-15-9-8-14(18(23)25-2)12-16(15)26-19(21)20-17(22)13-6-4-3-5-7-13/h8-9,12-13H,3-7,10-11H2,1-2H3. The average molecular weight is 376 g/mol. The number of aromatic nitrogens is 1. The Morgan fingerprint density at radius 2 is 2.00 bits per heavy atom. The molecule has 0 radical (unpaired) electrons. The van der Waals surface area contributed by atoms with Gasteiger partial charge in [0.05, 0.1) is 29.5 Å². The van der Waals surface area contributed by atoms with Crippen molar-refractivity contribution >= 4 is 33.4 Å². The molecule has 1 aromatic carbocycles. The molecule has 6 nitrogen and oxygen atoms in total. The van der Waals surface area contributed by atoms with Gasteiger partial charge in [-0.05, 0) is 31.0 Å². The highest BCUT2D eigenvalue weighted by atomic mass is 32.1. The molecule has 140 valence electrons. The summed E-state index contributed by atoms with van der Waals surface area (Å²) in [5.41, 5.74) is 1.43. The van der Waals surface area contributed by atoms with Gasteiger partial charge >= 0.3 is 5.97 Å². The fourth-order valence-corrected chi connectivity index (χ4v) is 4.44. The van der Waals surface area contributed by atoms with Crippen LogP contribution in [0, 0.1) is 5.92 Å². The molecule has 0 atom stereocenters. The van der Waals surface area contributed by atoms with Gasteiger partial charge in [-0.2, -0.15) is 4.99 Å². The number of nitrogens with zero attached hydrogens (tertiary/aromatic N) is 2. The number of esters is 1. The first-order chi connectivity index (χ1) is 12.6. The van der Waals surface area contributed by atoms with Gasteiger partial charge in [0.1, 0.15) is 0 Å². The molecule has 1 saturated carbocycles. The predicted octanol–water partition coefficient (Wildman–Crippen LogP) is 3.14.